The number of hydrogen-bond acceptors (Lipinski definition) is 2. The standard InChI is InChI=1S/C8H7NO4/c10-7(11)6-3-1-2-4-9(5-6)8(12)13/h1-5H,(H,10,11)(H,12,13). The highest BCUT2D eigenvalue weighted by Crippen LogP contribution is 2.06. The Bertz CT molecular complexity index is 327. The molecule has 0 atom stereocenters. The van der Waals surface area contributed by atoms with Crippen molar-refractivity contribution >= 4 is 12.1 Å². The van der Waals surface area contributed by atoms with Crippen molar-refractivity contribution in [1.82, 2.24) is 4.90 Å². The molecular weight excluding hydrogens is 174 g/mol. The lowest BCUT2D eigenvalue weighted by molar-refractivity contribution is -0.132. The van der Waals surface area contributed by atoms with Crippen molar-refractivity contribution in [2.24, 2.45) is 0 Å². The Hall–Kier alpha value is -2.04. The van der Waals surface area contributed by atoms with E-state index < -0.39 is 12.1 Å². The van der Waals surface area contributed by atoms with Gasteiger partial charge in [-0.25, -0.2) is 9.59 Å². The van der Waals surface area contributed by atoms with Crippen LogP contribution in [0.25, 0.3) is 0 Å². The zero-order valence-corrected chi connectivity index (χ0v) is 6.54. The van der Waals surface area contributed by atoms with Crippen LogP contribution in [0.2, 0.25) is 0 Å². The second-order valence-electron chi connectivity index (χ2n) is 2.28. The van der Waals surface area contributed by atoms with Gasteiger partial charge in [-0.1, -0.05) is 6.08 Å². The highest BCUT2D eigenvalue weighted by molar-refractivity contribution is 5.90. The number of rotatable bonds is 1. The third kappa shape index (κ3) is 2.19. The molecule has 0 saturated carbocycles. The van der Waals surface area contributed by atoms with Crippen LogP contribution in [-0.4, -0.2) is 27.2 Å². The van der Waals surface area contributed by atoms with Crippen LogP contribution in [0.1, 0.15) is 0 Å². The fraction of sp³-hybridized carbons (Fsp3) is 0. The van der Waals surface area contributed by atoms with E-state index in [-0.39, 0.29) is 5.57 Å². The quantitative estimate of drug-likeness (QED) is 0.633. The van der Waals surface area contributed by atoms with Gasteiger partial charge in [-0.15, -0.1) is 0 Å². The molecule has 0 unspecified atom stereocenters. The molecule has 1 rings (SSSR count). The normalized spacial score (nSPS) is 15.1. The van der Waals surface area contributed by atoms with Gasteiger partial charge in [0.1, 0.15) is 0 Å². The molecule has 1 amide bonds. The van der Waals surface area contributed by atoms with Gasteiger partial charge in [-0.05, 0) is 12.2 Å². The number of carboxylic acid groups (broad SMARTS) is 2. The van der Waals surface area contributed by atoms with Crippen LogP contribution in [-0.2, 0) is 4.79 Å². The Balaban J connectivity index is 2.97. The van der Waals surface area contributed by atoms with E-state index in [0.717, 1.165) is 11.1 Å². The van der Waals surface area contributed by atoms with Crippen LogP contribution >= 0.6 is 0 Å². The first-order valence-electron chi connectivity index (χ1n) is 3.42. The van der Waals surface area contributed by atoms with Gasteiger partial charge in [0, 0.05) is 12.4 Å². The van der Waals surface area contributed by atoms with Gasteiger partial charge in [0.25, 0.3) is 0 Å². The minimum atomic E-state index is -1.22. The van der Waals surface area contributed by atoms with E-state index in [1.165, 1.54) is 24.4 Å². The number of hydrogen-bond donors (Lipinski definition) is 2. The van der Waals surface area contributed by atoms with Crippen LogP contribution in [0.5, 0.6) is 0 Å². The second kappa shape index (κ2) is 3.57. The maximum atomic E-state index is 10.5. The maximum Gasteiger partial charge on any atom is 0.415 e. The van der Waals surface area contributed by atoms with Gasteiger partial charge in [-0.3, -0.25) is 4.90 Å². The number of carbonyl (C=O) groups is 2. The minimum absolute atomic E-state index is 0.0765. The van der Waals surface area contributed by atoms with Gasteiger partial charge in [0.15, 0.2) is 0 Å². The predicted octanol–water partition coefficient (Wildman–Crippen LogP) is 1.02. The number of amides is 1. The van der Waals surface area contributed by atoms with E-state index >= 15 is 0 Å². The fourth-order valence-electron chi connectivity index (χ4n) is 0.783. The first kappa shape index (κ1) is 9.05. The van der Waals surface area contributed by atoms with Crippen LogP contribution in [0.4, 0.5) is 4.79 Å². The molecule has 1 aliphatic heterocycles. The topological polar surface area (TPSA) is 77.8 Å². The van der Waals surface area contributed by atoms with E-state index in [4.69, 9.17) is 10.2 Å². The zero-order valence-electron chi connectivity index (χ0n) is 6.54. The highest BCUT2D eigenvalue weighted by Gasteiger charge is 2.11. The molecule has 1 aliphatic rings. The maximum absolute atomic E-state index is 10.5. The van der Waals surface area contributed by atoms with Crippen molar-refractivity contribution in [1.29, 1.82) is 0 Å². The SMILES string of the molecule is O=C(O)C1=CN(C(=O)O)C=CC=C1. The molecule has 0 fully saturated rings. The summed E-state index contributed by atoms with van der Waals surface area (Å²) in [7, 11) is 0. The van der Waals surface area contributed by atoms with Crippen LogP contribution in [0.15, 0.2) is 36.2 Å². The van der Waals surface area contributed by atoms with E-state index in [1.807, 2.05) is 0 Å². The number of allylic oxidation sites excluding steroid dienone is 2. The number of aliphatic carboxylic acids is 1. The fourth-order valence-corrected chi connectivity index (χ4v) is 0.783. The zero-order chi connectivity index (χ0) is 9.84. The second-order valence-corrected chi connectivity index (χ2v) is 2.28. The van der Waals surface area contributed by atoms with Gasteiger partial charge in [0.2, 0.25) is 0 Å². The molecule has 0 saturated heterocycles. The Morgan fingerprint density at radius 1 is 1.23 bits per heavy atom. The smallest absolute Gasteiger partial charge is 0.415 e. The molecule has 0 radical (unpaired) electrons. The van der Waals surface area contributed by atoms with Crippen LogP contribution in [0.3, 0.4) is 0 Å². The first-order valence-corrected chi connectivity index (χ1v) is 3.42. The van der Waals surface area contributed by atoms with E-state index in [9.17, 15) is 9.59 Å². The molecule has 0 spiro atoms. The molecule has 0 aromatic rings. The summed E-state index contributed by atoms with van der Waals surface area (Å²) in [5, 5.41) is 17.2. The molecular formula is C8H7NO4. The molecule has 5 heteroatoms. The van der Waals surface area contributed by atoms with E-state index in [1.54, 1.807) is 0 Å². The molecule has 13 heavy (non-hydrogen) atoms. The lowest BCUT2D eigenvalue weighted by Crippen LogP contribution is -2.18. The summed E-state index contributed by atoms with van der Waals surface area (Å²) in [4.78, 5) is 21.8. The molecule has 0 aliphatic carbocycles. The Labute approximate surface area is 73.9 Å². The molecule has 2 N–H and O–H groups in total. The summed E-state index contributed by atoms with van der Waals surface area (Å²) in [5.41, 5.74) is -0.0765. The lowest BCUT2D eigenvalue weighted by Gasteiger charge is -2.07. The summed E-state index contributed by atoms with van der Waals surface area (Å²) >= 11 is 0. The summed E-state index contributed by atoms with van der Waals surface area (Å²) in [6.07, 6.45) is 5.30. The Morgan fingerprint density at radius 3 is 2.46 bits per heavy atom. The van der Waals surface area contributed by atoms with E-state index in [2.05, 4.69) is 0 Å². The Kier molecular flexibility index (Phi) is 2.49. The molecule has 5 nitrogen and oxygen atoms in total. The van der Waals surface area contributed by atoms with Gasteiger partial charge in [0.05, 0.1) is 5.57 Å². The van der Waals surface area contributed by atoms with Gasteiger partial charge >= 0.3 is 12.1 Å². The average molecular weight is 181 g/mol. The van der Waals surface area contributed by atoms with Gasteiger partial charge < -0.3 is 10.2 Å². The van der Waals surface area contributed by atoms with Crippen molar-refractivity contribution < 1.29 is 19.8 Å². The lowest BCUT2D eigenvalue weighted by atomic mass is 10.3. The summed E-state index contributed by atoms with van der Waals surface area (Å²) in [6, 6.07) is 0. The third-order valence-corrected chi connectivity index (χ3v) is 1.38. The number of carboxylic acids is 1. The van der Waals surface area contributed by atoms with Crippen molar-refractivity contribution in [2.75, 3.05) is 0 Å². The predicted molar refractivity (Wildman–Crippen MR) is 43.9 cm³/mol. The minimum Gasteiger partial charge on any atom is -0.478 e. The molecule has 0 aromatic carbocycles. The summed E-state index contributed by atoms with van der Waals surface area (Å²) in [6.45, 7) is 0. The van der Waals surface area contributed by atoms with Crippen molar-refractivity contribution in [3.63, 3.8) is 0 Å². The molecule has 0 aromatic heterocycles. The number of nitrogens with zero attached hydrogens (tertiary/aromatic N) is 1. The monoisotopic (exact) mass is 181 g/mol. The van der Waals surface area contributed by atoms with Crippen molar-refractivity contribution in [2.45, 2.75) is 0 Å². The highest BCUT2D eigenvalue weighted by atomic mass is 16.4. The van der Waals surface area contributed by atoms with Crippen molar-refractivity contribution in [3.05, 3.63) is 36.2 Å². The first-order chi connectivity index (χ1) is 6.11. The molecule has 1 heterocycles. The van der Waals surface area contributed by atoms with E-state index in [0.29, 0.717) is 0 Å². The average Bonchev–Trinajstić information content (AvgIpc) is 2.28. The van der Waals surface area contributed by atoms with Crippen molar-refractivity contribution in [3.8, 4) is 0 Å². The van der Waals surface area contributed by atoms with Crippen LogP contribution in [0, 0.1) is 0 Å². The third-order valence-electron chi connectivity index (χ3n) is 1.38. The molecule has 68 valence electrons. The molecule has 0 bridgehead atoms. The summed E-state index contributed by atoms with van der Waals surface area (Å²) in [5.74, 6) is -1.16. The van der Waals surface area contributed by atoms with Gasteiger partial charge in [-0.2, -0.15) is 0 Å². The summed E-state index contributed by atoms with van der Waals surface area (Å²) < 4.78 is 0. The Morgan fingerprint density at radius 2 is 1.92 bits per heavy atom. The largest absolute Gasteiger partial charge is 0.478 e. The van der Waals surface area contributed by atoms with Crippen LogP contribution < -0.4 is 0 Å².